The van der Waals surface area contributed by atoms with Gasteiger partial charge in [0, 0.05) is 12.8 Å². The Hall–Kier alpha value is -3.53. The molecule has 1 saturated carbocycles. The maximum atomic E-state index is 12.8. The van der Waals surface area contributed by atoms with E-state index in [0.29, 0.717) is 32.1 Å². The number of aliphatic hydroxyl groups is 6. The number of phosphoric ester groups is 1. The predicted octanol–water partition coefficient (Wildman–Crippen LogP) is 8.58. The molecule has 1 fully saturated rings. The molecule has 9 atom stereocenters. The number of allylic oxidation sites excluding steroid dienone is 16. The van der Waals surface area contributed by atoms with Gasteiger partial charge in [0.2, 0.25) is 0 Å². The van der Waals surface area contributed by atoms with Crippen LogP contribution in [0.2, 0.25) is 0 Å². The second-order valence-electron chi connectivity index (χ2n) is 16.1. The molecule has 374 valence electrons. The van der Waals surface area contributed by atoms with Gasteiger partial charge in [-0.1, -0.05) is 142 Å². The van der Waals surface area contributed by atoms with Crippen LogP contribution in [0.3, 0.4) is 0 Å². The summed E-state index contributed by atoms with van der Waals surface area (Å²) in [6, 6.07) is 0. The number of hydrogen-bond acceptors (Lipinski definition) is 13. The maximum absolute atomic E-state index is 12.8. The normalized spacial score (nSPS) is 22.7. The Morgan fingerprint density at radius 1 is 0.561 bits per heavy atom. The lowest BCUT2D eigenvalue weighted by Gasteiger charge is -2.41. The summed E-state index contributed by atoms with van der Waals surface area (Å²) in [5.74, 6) is -1.26. The molecular formula is C51H81O14P. The van der Waals surface area contributed by atoms with E-state index in [1.807, 2.05) is 36.5 Å². The molecule has 15 heteroatoms. The lowest BCUT2D eigenvalue weighted by Crippen LogP contribution is -2.64. The Labute approximate surface area is 394 Å². The van der Waals surface area contributed by atoms with Crippen molar-refractivity contribution in [2.45, 2.75) is 185 Å². The minimum absolute atomic E-state index is 0.0275. The van der Waals surface area contributed by atoms with E-state index in [-0.39, 0.29) is 12.8 Å². The van der Waals surface area contributed by atoms with Crippen molar-refractivity contribution in [1.82, 2.24) is 0 Å². The highest BCUT2D eigenvalue weighted by molar-refractivity contribution is 7.47. The Kier molecular flexibility index (Phi) is 36.2. The van der Waals surface area contributed by atoms with Gasteiger partial charge in [0.05, 0.1) is 12.7 Å². The molecular weight excluding hydrogens is 868 g/mol. The number of carbonyl (C=O) groups excluding carboxylic acids is 2. The van der Waals surface area contributed by atoms with Gasteiger partial charge in [0.1, 0.15) is 43.2 Å². The lowest BCUT2D eigenvalue weighted by atomic mass is 9.85. The van der Waals surface area contributed by atoms with Crippen LogP contribution in [-0.2, 0) is 32.7 Å². The zero-order valence-corrected chi connectivity index (χ0v) is 40.2. The highest BCUT2D eigenvalue weighted by Crippen LogP contribution is 2.47. The quantitative estimate of drug-likeness (QED) is 0.0102. The van der Waals surface area contributed by atoms with Gasteiger partial charge in [-0.25, -0.2) is 4.57 Å². The Morgan fingerprint density at radius 3 is 1.65 bits per heavy atom. The van der Waals surface area contributed by atoms with E-state index in [2.05, 4.69) is 74.6 Å². The average molecular weight is 949 g/mol. The van der Waals surface area contributed by atoms with E-state index in [1.165, 1.54) is 19.3 Å². The van der Waals surface area contributed by atoms with Crippen LogP contribution in [0.25, 0.3) is 0 Å². The zero-order chi connectivity index (χ0) is 48.7. The van der Waals surface area contributed by atoms with Crippen LogP contribution < -0.4 is 0 Å². The molecule has 0 spiro atoms. The van der Waals surface area contributed by atoms with E-state index in [9.17, 15) is 49.7 Å². The summed E-state index contributed by atoms with van der Waals surface area (Å²) in [6.07, 6.45) is 37.4. The van der Waals surface area contributed by atoms with Crippen molar-refractivity contribution in [2.24, 2.45) is 0 Å². The molecule has 0 radical (unpaired) electrons. The summed E-state index contributed by atoms with van der Waals surface area (Å²) < 4.78 is 33.4. The first kappa shape index (κ1) is 60.5. The molecule has 0 bridgehead atoms. The molecule has 0 aromatic carbocycles. The van der Waals surface area contributed by atoms with Gasteiger partial charge in [0.15, 0.2) is 6.10 Å². The van der Waals surface area contributed by atoms with E-state index >= 15 is 0 Å². The Morgan fingerprint density at radius 2 is 1.06 bits per heavy atom. The van der Waals surface area contributed by atoms with Crippen LogP contribution in [0.1, 0.15) is 136 Å². The van der Waals surface area contributed by atoms with Gasteiger partial charge >= 0.3 is 19.8 Å². The molecule has 0 amide bonds. The number of phosphoric acid groups is 1. The van der Waals surface area contributed by atoms with E-state index in [0.717, 1.165) is 57.8 Å². The number of aliphatic hydroxyl groups excluding tert-OH is 6. The molecule has 0 aromatic heterocycles. The number of esters is 2. The van der Waals surface area contributed by atoms with Gasteiger partial charge in [0.25, 0.3) is 0 Å². The van der Waals surface area contributed by atoms with E-state index < -0.39 is 81.8 Å². The highest BCUT2D eigenvalue weighted by Gasteiger charge is 2.51. The first-order valence-electron chi connectivity index (χ1n) is 23.8. The van der Waals surface area contributed by atoms with Gasteiger partial charge in [-0.05, 0) is 89.9 Å². The van der Waals surface area contributed by atoms with Crippen LogP contribution in [0, 0.1) is 0 Å². The monoisotopic (exact) mass is 949 g/mol. The molecule has 1 aliphatic carbocycles. The van der Waals surface area contributed by atoms with Gasteiger partial charge in [-0.2, -0.15) is 0 Å². The van der Waals surface area contributed by atoms with Gasteiger partial charge < -0.3 is 45.0 Å². The maximum Gasteiger partial charge on any atom is 0.472 e. The summed E-state index contributed by atoms with van der Waals surface area (Å²) >= 11 is 0. The SMILES string of the molecule is CC/C=C\C/C=C\CC(O)/C=C/C=C\C/C=C\CCCC(=O)OC[C@H](COP(=O)(O)OC1[C@H](O)[C@H](O)C(O)[C@H](O)[C@H]1O)OC(=O)CCCCC/C=C\C/C=C\C/C=C\C/C=C\CCCCC. The van der Waals surface area contributed by atoms with Crippen molar-refractivity contribution in [3.05, 3.63) is 109 Å². The summed E-state index contributed by atoms with van der Waals surface area (Å²) in [5.41, 5.74) is 0. The van der Waals surface area contributed by atoms with Crippen molar-refractivity contribution in [2.75, 3.05) is 13.2 Å². The summed E-state index contributed by atoms with van der Waals surface area (Å²) in [7, 11) is -5.16. The van der Waals surface area contributed by atoms with E-state index in [4.69, 9.17) is 18.5 Å². The first-order valence-corrected chi connectivity index (χ1v) is 25.3. The summed E-state index contributed by atoms with van der Waals surface area (Å²) in [4.78, 5) is 35.7. The minimum atomic E-state index is -5.16. The minimum Gasteiger partial charge on any atom is -0.462 e. The number of ether oxygens (including phenoxy) is 2. The molecule has 0 heterocycles. The van der Waals surface area contributed by atoms with Crippen LogP contribution in [0.4, 0.5) is 0 Å². The number of hydrogen-bond donors (Lipinski definition) is 7. The van der Waals surface area contributed by atoms with Crippen molar-refractivity contribution in [3.8, 4) is 0 Å². The second kappa shape index (κ2) is 39.5. The fraction of sp³-hybridized carbons (Fsp3) is 0.608. The fourth-order valence-corrected chi connectivity index (χ4v) is 7.30. The molecule has 0 saturated heterocycles. The summed E-state index contributed by atoms with van der Waals surface area (Å²) in [6.45, 7) is 2.99. The molecule has 14 nitrogen and oxygen atoms in total. The van der Waals surface area contributed by atoms with Crippen LogP contribution in [0.5, 0.6) is 0 Å². The second-order valence-corrected chi connectivity index (χ2v) is 17.5. The third kappa shape index (κ3) is 31.4. The zero-order valence-electron chi connectivity index (χ0n) is 39.3. The molecule has 1 rings (SSSR count). The smallest absolute Gasteiger partial charge is 0.462 e. The number of unbranched alkanes of at least 4 members (excludes halogenated alkanes) is 7. The van der Waals surface area contributed by atoms with Crippen molar-refractivity contribution < 1.29 is 68.2 Å². The molecule has 0 aliphatic heterocycles. The molecule has 7 N–H and O–H groups in total. The topological polar surface area (TPSA) is 230 Å². The van der Waals surface area contributed by atoms with Gasteiger partial charge in [-0.3, -0.25) is 18.6 Å². The van der Waals surface area contributed by atoms with E-state index in [1.54, 1.807) is 12.2 Å². The third-order valence-electron chi connectivity index (χ3n) is 10.2. The Bertz CT molecular complexity index is 1580. The lowest BCUT2D eigenvalue weighted by molar-refractivity contribution is -0.220. The molecule has 0 aromatic rings. The summed E-state index contributed by atoms with van der Waals surface area (Å²) in [5, 5.41) is 60.2. The average Bonchev–Trinajstić information content (AvgIpc) is 3.29. The van der Waals surface area contributed by atoms with Crippen molar-refractivity contribution >= 4 is 19.8 Å². The van der Waals surface area contributed by atoms with Gasteiger partial charge in [-0.15, -0.1) is 0 Å². The molecule has 1 aliphatic rings. The standard InChI is InChI=1S/C51H81O14P/c1-3-5-7-9-11-12-13-14-15-16-17-18-19-20-21-22-27-31-35-39-45(54)64-43(41-63-66(60,61)65-51-49(58)47(56)46(55)48(57)50(51)59)40-62-44(53)38-34-30-26-24-23-25-29-33-37-42(52)36-32-28-10-8-6-4-2/h6,8,11-12,14-15,17-18,20-21,24-26,28-29,32-33,37,42-43,46-52,55-59H,3-5,7,9-10,13,16,19,22-23,27,30-31,34-36,38-41H2,1-2H3,(H,60,61)/b8-6-,12-11-,15-14-,18-17-,21-20-,26-24-,29-25-,32-28-,37-33+/t42?,43-,46?,47-,48+,49-,50-,51?/m1/s1. The first-order chi connectivity index (χ1) is 31.8. The van der Waals surface area contributed by atoms with Crippen molar-refractivity contribution in [3.63, 3.8) is 0 Å². The van der Waals surface area contributed by atoms with Crippen LogP contribution in [-0.4, -0.2) is 110 Å². The van der Waals surface area contributed by atoms with Crippen molar-refractivity contribution in [1.29, 1.82) is 0 Å². The fourth-order valence-electron chi connectivity index (χ4n) is 6.33. The largest absolute Gasteiger partial charge is 0.472 e. The van der Waals surface area contributed by atoms with Crippen LogP contribution in [0.15, 0.2) is 109 Å². The van der Waals surface area contributed by atoms with Crippen LogP contribution >= 0.6 is 7.82 Å². The molecule has 4 unspecified atom stereocenters. The number of carbonyl (C=O) groups is 2. The molecule has 66 heavy (non-hydrogen) atoms. The number of rotatable bonds is 37. The highest BCUT2D eigenvalue weighted by atomic mass is 31.2. The predicted molar refractivity (Wildman–Crippen MR) is 259 cm³/mol. The Balaban J connectivity index is 2.55. The third-order valence-corrected chi connectivity index (χ3v) is 11.2.